The van der Waals surface area contributed by atoms with Gasteiger partial charge in [0.25, 0.3) is 0 Å². The van der Waals surface area contributed by atoms with E-state index in [0.717, 1.165) is 77.6 Å². The molecule has 0 aliphatic rings. The molecule has 230 valence electrons. The summed E-state index contributed by atoms with van der Waals surface area (Å²) in [4.78, 5) is 20.7. The van der Waals surface area contributed by atoms with Gasteiger partial charge in [0.15, 0.2) is 11.4 Å². The molecule has 0 radical (unpaired) electrons. The van der Waals surface area contributed by atoms with Crippen LogP contribution in [0, 0.1) is 0 Å². The normalized spacial score (nSPS) is 12.5. The molecule has 5 nitrogen and oxygen atoms in total. The van der Waals surface area contributed by atoms with Crippen LogP contribution in [0.2, 0.25) is 0 Å². The van der Waals surface area contributed by atoms with Crippen molar-refractivity contribution in [3.8, 4) is 33.8 Å². The van der Waals surface area contributed by atoms with E-state index >= 15 is 0 Å². The van der Waals surface area contributed by atoms with Gasteiger partial charge >= 0.3 is 0 Å². The molecule has 0 unspecified atom stereocenters. The molecular formula is C42H36N4O. The molecule has 5 heteroatoms. The Kier molecular flexibility index (Phi) is 6.52. The number of benzene rings is 4. The van der Waals surface area contributed by atoms with Crippen molar-refractivity contribution in [1.29, 1.82) is 0 Å². The van der Waals surface area contributed by atoms with Crippen molar-refractivity contribution in [3.63, 3.8) is 0 Å². The van der Waals surface area contributed by atoms with Crippen molar-refractivity contribution in [3.05, 3.63) is 121 Å². The predicted molar refractivity (Wildman–Crippen MR) is 194 cm³/mol. The largest absolute Gasteiger partial charge is 0.452 e. The molecular weight excluding hydrogens is 576 g/mol. The quantitative estimate of drug-likeness (QED) is 0.186. The van der Waals surface area contributed by atoms with Crippen LogP contribution >= 0.6 is 0 Å². The maximum Gasteiger partial charge on any atom is 0.180 e. The van der Waals surface area contributed by atoms with Crippen LogP contribution < -0.4 is 0 Å². The highest BCUT2D eigenvalue weighted by atomic mass is 16.3. The number of para-hydroxylation sites is 1. The fourth-order valence-electron chi connectivity index (χ4n) is 6.25. The van der Waals surface area contributed by atoms with E-state index in [2.05, 4.69) is 114 Å². The molecule has 0 N–H and O–H groups in total. The first kappa shape index (κ1) is 29.0. The maximum atomic E-state index is 6.34. The Bertz CT molecular complexity index is 2480. The number of rotatable bonds is 3. The molecule has 0 aliphatic heterocycles. The third-order valence-electron chi connectivity index (χ3n) is 8.87. The third-order valence-corrected chi connectivity index (χ3v) is 8.87. The lowest BCUT2D eigenvalue weighted by Crippen LogP contribution is -2.15. The van der Waals surface area contributed by atoms with Gasteiger partial charge in [-0.2, -0.15) is 0 Å². The van der Waals surface area contributed by atoms with Gasteiger partial charge in [-0.25, -0.2) is 19.9 Å². The molecule has 8 rings (SSSR count). The van der Waals surface area contributed by atoms with E-state index in [4.69, 9.17) is 24.4 Å². The number of hydrogen-bond acceptors (Lipinski definition) is 5. The van der Waals surface area contributed by atoms with E-state index < -0.39 is 0 Å². The number of aromatic nitrogens is 4. The zero-order valence-electron chi connectivity index (χ0n) is 27.6. The molecule has 47 heavy (non-hydrogen) atoms. The van der Waals surface area contributed by atoms with Gasteiger partial charge in [0, 0.05) is 49.5 Å². The van der Waals surface area contributed by atoms with Gasteiger partial charge in [-0.05, 0) is 41.5 Å². The van der Waals surface area contributed by atoms with Crippen LogP contribution in [-0.4, -0.2) is 19.9 Å². The molecule has 0 bridgehead atoms. The number of fused-ring (bicyclic) bond motifs is 6. The molecule has 4 aromatic heterocycles. The summed E-state index contributed by atoms with van der Waals surface area (Å²) in [6, 6.07) is 37.7. The summed E-state index contributed by atoms with van der Waals surface area (Å²) in [6.45, 7) is 13.2. The monoisotopic (exact) mass is 612 g/mol. The Morgan fingerprint density at radius 3 is 1.96 bits per heavy atom. The van der Waals surface area contributed by atoms with Gasteiger partial charge in [0.05, 0.1) is 11.0 Å². The Morgan fingerprint density at radius 1 is 0.489 bits per heavy atom. The van der Waals surface area contributed by atoms with E-state index in [9.17, 15) is 0 Å². The SMILES string of the molecule is CC(C)(C)c1ccc2ccc3c(-c4cccc(-c5nc(-c6ccccc6)c6oc7ccccc7c6n5)c4)cc(C(C)(C)C)nc3c2n1. The third kappa shape index (κ3) is 5.03. The zero-order valence-corrected chi connectivity index (χ0v) is 27.6. The summed E-state index contributed by atoms with van der Waals surface area (Å²) in [5.74, 6) is 0.654. The van der Waals surface area contributed by atoms with Gasteiger partial charge in [-0.1, -0.05) is 120 Å². The summed E-state index contributed by atoms with van der Waals surface area (Å²) in [5.41, 5.74) is 10.9. The van der Waals surface area contributed by atoms with Crippen LogP contribution in [0.5, 0.6) is 0 Å². The highest BCUT2D eigenvalue weighted by Gasteiger charge is 2.23. The molecule has 0 fully saturated rings. The first-order valence-corrected chi connectivity index (χ1v) is 16.2. The highest BCUT2D eigenvalue weighted by molar-refractivity contribution is 6.09. The van der Waals surface area contributed by atoms with E-state index in [0.29, 0.717) is 11.4 Å². The van der Waals surface area contributed by atoms with Crippen molar-refractivity contribution in [2.75, 3.05) is 0 Å². The van der Waals surface area contributed by atoms with Crippen LogP contribution in [0.25, 0.3) is 77.6 Å². The minimum absolute atomic E-state index is 0.0742. The minimum atomic E-state index is -0.161. The van der Waals surface area contributed by atoms with Crippen LogP contribution in [0.1, 0.15) is 52.9 Å². The number of hydrogen-bond donors (Lipinski definition) is 0. The lowest BCUT2D eigenvalue weighted by atomic mass is 9.87. The Labute approximate surface area is 274 Å². The van der Waals surface area contributed by atoms with Gasteiger partial charge < -0.3 is 4.42 Å². The molecule has 0 spiro atoms. The highest BCUT2D eigenvalue weighted by Crippen LogP contribution is 2.39. The lowest BCUT2D eigenvalue weighted by molar-refractivity contribution is 0.570. The summed E-state index contributed by atoms with van der Waals surface area (Å²) < 4.78 is 6.34. The Morgan fingerprint density at radius 2 is 1.17 bits per heavy atom. The fourth-order valence-corrected chi connectivity index (χ4v) is 6.25. The topological polar surface area (TPSA) is 64.7 Å². The smallest absolute Gasteiger partial charge is 0.180 e. The fraction of sp³-hybridized carbons (Fsp3) is 0.190. The van der Waals surface area contributed by atoms with Crippen molar-refractivity contribution in [2.45, 2.75) is 52.4 Å². The standard InChI is InChI=1S/C42H36N4O/c1-41(2,3)33-22-20-26-19-21-29-31(24-34(42(4,5)6)44-37(29)35(26)43-33)27-15-12-16-28(23-27)40-45-36(25-13-8-7-9-14-25)39-38(46-40)30-17-10-11-18-32(30)47-39/h7-24H,1-6H3. The number of nitrogens with zero attached hydrogens (tertiary/aromatic N) is 4. The molecule has 0 saturated carbocycles. The van der Waals surface area contributed by atoms with E-state index in [-0.39, 0.29) is 10.8 Å². The van der Waals surface area contributed by atoms with E-state index in [1.807, 2.05) is 36.4 Å². The van der Waals surface area contributed by atoms with Crippen molar-refractivity contribution in [2.24, 2.45) is 0 Å². The van der Waals surface area contributed by atoms with Crippen molar-refractivity contribution >= 4 is 43.9 Å². The predicted octanol–water partition coefficient (Wildman–Crippen LogP) is 11.1. The molecule has 4 aromatic carbocycles. The summed E-state index contributed by atoms with van der Waals surface area (Å²) in [7, 11) is 0. The van der Waals surface area contributed by atoms with Gasteiger partial charge in [-0.3, -0.25) is 0 Å². The van der Waals surface area contributed by atoms with Crippen molar-refractivity contribution in [1.82, 2.24) is 19.9 Å². The molecule has 0 atom stereocenters. The maximum absolute atomic E-state index is 6.34. The first-order chi connectivity index (χ1) is 22.5. The summed E-state index contributed by atoms with van der Waals surface area (Å²) in [6.07, 6.45) is 0. The molecule has 0 saturated heterocycles. The average molecular weight is 613 g/mol. The lowest BCUT2D eigenvalue weighted by Gasteiger charge is -2.22. The number of furan rings is 1. The van der Waals surface area contributed by atoms with E-state index in [1.54, 1.807) is 0 Å². The number of pyridine rings is 2. The molecule has 0 amide bonds. The van der Waals surface area contributed by atoms with Gasteiger partial charge in [0.1, 0.15) is 16.8 Å². The second-order valence-electron chi connectivity index (χ2n) is 14.4. The Hall–Kier alpha value is -5.42. The first-order valence-electron chi connectivity index (χ1n) is 16.2. The van der Waals surface area contributed by atoms with Crippen LogP contribution in [0.15, 0.2) is 114 Å². The van der Waals surface area contributed by atoms with Crippen LogP contribution in [0.3, 0.4) is 0 Å². The van der Waals surface area contributed by atoms with E-state index in [1.165, 1.54) is 0 Å². The van der Waals surface area contributed by atoms with Gasteiger partial charge in [0.2, 0.25) is 0 Å². The second-order valence-corrected chi connectivity index (χ2v) is 14.4. The van der Waals surface area contributed by atoms with Crippen molar-refractivity contribution < 1.29 is 4.42 Å². The zero-order chi connectivity index (χ0) is 32.5. The minimum Gasteiger partial charge on any atom is -0.452 e. The molecule has 8 aromatic rings. The summed E-state index contributed by atoms with van der Waals surface area (Å²) >= 11 is 0. The molecule has 0 aliphatic carbocycles. The van der Waals surface area contributed by atoms with Gasteiger partial charge in [-0.15, -0.1) is 0 Å². The Balaban J connectivity index is 1.37. The average Bonchev–Trinajstić information content (AvgIpc) is 3.45. The summed E-state index contributed by atoms with van der Waals surface area (Å²) in [5, 5.41) is 3.14. The molecule has 4 heterocycles. The van der Waals surface area contributed by atoms with Crippen LogP contribution in [-0.2, 0) is 10.8 Å². The second kappa shape index (κ2) is 10.6. The van der Waals surface area contributed by atoms with Crippen LogP contribution in [0.4, 0.5) is 0 Å².